The fraction of sp³-hybridized carbons (Fsp3) is 0.571. The first-order valence-electron chi connectivity index (χ1n) is 16.5. The summed E-state index contributed by atoms with van der Waals surface area (Å²) in [6.45, 7) is 14.4. The molecule has 0 saturated carbocycles. The Kier molecular flexibility index (Phi) is 10.4. The van der Waals surface area contributed by atoms with E-state index in [1.54, 1.807) is 16.2 Å². The van der Waals surface area contributed by atoms with Crippen molar-refractivity contribution in [2.24, 2.45) is 5.92 Å². The molecule has 2 aliphatic heterocycles. The molecule has 2 fully saturated rings. The number of aliphatic hydroxyl groups is 1. The van der Waals surface area contributed by atoms with E-state index in [9.17, 15) is 19.5 Å². The van der Waals surface area contributed by atoms with Gasteiger partial charge in [0.2, 0.25) is 11.8 Å². The highest BCUT2D eigenvalue weighted by Crippen LogP contribution is 2.35. The molecule has 5 atom stereocenters. The van der Waals surface area contributed by atoms with E-state index in [1.165, 1.54) is 4.90 Å². The molecule has 0 radical (unpaired) electrons. The molecular formula is C35H47N5O6S. The maximum absolute atomic E-state index is 14.1. The summed E-state index contributed by atoms with van der Waals surface area (Å²) in [5.41, 5.74) is 4.71. The number of β-amino-alcohol motifs (C(OH)–C–C–N with tert-alkyl or cyclic N) is 1. The van der Waals surface area contributed by atoms with Crippen molar-refractivity contribution in [3.63, 3.8) is 0 Å². The topological polar surface area (TPSA) is 138 Å². The van der Waals surface area contributed by atoms with Gasteiger partial charge in [0.15, 0.2) is 0 Å². The molecule has 47 heavy (non-hydrogen) atoms. The molecule has 5 rings (SSSR count). The smallest absolute Gasteiger partial charge is 0.410 e. The lowest BCUT2D eigenvalue weighted by Crippen LogP contribution is -2.48. The summed E-state index contributed by atoms with van der Waals surface area (Å²) in [4.78, 5) is 49.1. The van der Waals surface area contributed by atoms with Crippen molar-refractivity contribution in [2.45, 2.75) is 103 Å². The fourth-order valence-electron chi connectivity index (χ4n) is 6.48. The van der Waals surface area contributed by atoms with E-state index < -0.39 is 23.7 Å². The first-order chi connectivity index (χ1) is 22.2. The van der Waals surface area contributed by atoms with Gasteiger partial charge in [-0.3, -0.25) is 9.59 Å². The van der Waals surface area contributed by atoms with Crippen LogP contribution in [0.2, 0.25) is 0 Å². The first-order valence-corrected chi connectivity index (χ1v) is 17.3. The average Bonchev–Trinajstić information content (AvgIpc) is 3.76. The van der Waals surface area contributed by atoms with Crippen LogP contribution in [-0.2, 0) is 14.3 Å². The number of amides is 3. The molecule has 3 amide bonds. The summed E-state index contributed by atoms with van der Waals surface area (Å²) in [5.74, 6) is -0.850. The summed E-state index contributed by atoms with van der Waals surface area (Å²) >= 11 is 1.59. The Hall–Kier alpha value is -3.77. The fourth-order valence-corrected chi connectivity index (χ4v) is 7.29. The van der Waals surface area contributed by atoms with Crippen LogP contribution < -0.4 is 5.32 Å². The van der Waals surface area contributed by atoms with Gasteiger partial charge >= 0.3 is 6.09 Å². The van der Waals surface area contributed by atoms with E-state index in [2.05, 4.69) is 15.5 Å². The van der Waals surface area contributed by atoms with Gasteiger partial charge in [-0.1, -0.05) is 43.3 Å². The van der Waals surface area contributed by atoms with E-state index in [1.807, 2.05) is 84.3 Å². The first kappa shape index (κ1) is 34.6. The highest BCUT2D eigenvalue weighted by molar-refractivity contribution is 7.13. The number of thiazole rings is 1. The van der Waals surface area contributed by atoms with Crippen LogP contribution in [0.5, 0.6) is 0 Å². The minimum Gasteiger partial charge on any atom is -0.444 e. The predicted molar refractivity (Wildman–Crippen MR) is 179 cm³/mol. The maximum Gasteiger partial charge on any atom is 0.410 e. The Morgan fingerprint density at radius 2 is 1.85 bits per heavy atom. The number of aromatic nitrogens is 2. The third-order valence-corrected chi connectivity index (χ3v) is 9.89. The molecule has 0 spiro atoms. The molecule has 2 saturated heterocycles. The molecule has 2 N–H and O–H groups in total. The number of carbonyl (C=O) groups excluding carboxylic acids is 3. The van der Waals surface area contributed by atoms with Crippen molar-refractivity contribution in [2.75, 3.05) is 19.6 Å². The van der Waals surface area contributed by atoms with Crippen LogP contribution in [0, 0.1) is 12.8 Å². The zero-order valence-corrected chi connectivity index (χ0v) is 29.2. The molecule has 12 heteroatoms. The quantitative estimate of drug-likeness (QED) is 0.308. The lowest BCUT2D eigenvalue weighted by Gasteiger charge is -2.33. The van der Waals surface area contributed by atoms with Gasteiger partial charge in [0.25, 0.3) is 0 Å². The van der Waals surface area contributed by atoms with Crippen molar-refractivity contribution in [1.82, 2.24) is 25.3 Å². The van der Waals surface area contributed by atoms with E-state index >= 15 is 0 Å². The molecule has 2 unspecified atom stereocenters. The highest BCUT2D eigenvalue weighted by atomic mass is 32.1. The Morgan fingerprint density at radius 1 is 1.13 bits per heavy atom. The minimum atomic E-state index is -0.813. The molecule has 2 aliphatic rings. The SMILES string of the molecule is Cc1ncsc1-c1ccc([C@H](C)NC(=O)[C@@H]2C[C@@H](O)CN2C(=O)C(c2cc(C3CCCN(C(=O)OC(C)(C)C)C3)on2)C(C)C)cc1. The number of hydrogen-bond donors (Lipinski definition) is 2. The van der Waals surface area contributed by atoms with Crippen LogP contribution >= 0.6 is 11.3 Å². The number of aryl methyl sites for hydroxylation is 1. The van der Waals surface area contributed by atoms with Crippen LogP contribution in [-0.4, -0.2) is 80.3 Å². The summed E-state index contributed by atoms with van der Waals surface area (Å²) in [6, 6.07) is 8.72. The minimum absolute atomic E-state index is 0.0651. The van der Waals surface area contributed by atoms with Gasteiger partial charge in [0.1, 0.15) is 17.4 Å². The predicted octanol–water partition coefficient (Wildman–Crippen LogP) is 5.80. The zero-order valence-electron chi connectivity index (χ0n) is 28.4. The summed E-state index contributed by atoms with van der Waals surface area (Å²) in [6.07, 6.45) is 0.606. The standard InChI is InChI=1S/C35H47N5O6S/c1-20(2)30(27-16-29(46-38-27)25-9-8-14-39(17-25)34(44)45-35(5,6)7)33(43)40-18-26(41)15-28(40)32(42)37-21(3)23-10-12-24(13-11-23)31-22(4)36-19-47-31/h10-13,16,19-21,25-26,28,30,41H,8-9,14-15,17-18H2,1-7H3,(H,37,42)/t21-,25?,26+,28-,30?/m0/s1. The lowest BCUT2D eigenvalue weighted by molar-refractivity contribution is -0.140. The monoisotopic (exact) mass is 665 g/mol. The van der Waals surface area contributed by atoms with E-state index in [0.29, 0.717) is 24.5 Å². The summed E-state index contributed by atoms with van der Waals surface area (Å²) < 4.78 is 11.4. The van der Waals surface area contributed by atoms with E-state index in [-0.39, 0.29) is 48.8 Å². The molecule has 2 aromatic heterocycles. The molecular weight excluding hydrogens is 618 g/mol. The van der Waals surface area contributed by atoms with E-state index in [4.69, 9.17) is 9.26 Å². The second-order valence-electron chi connectivity index (χ2n) is 14.2. The van der Waals surface area contributed by atoms with Gasteiger partial charge in [0.05, 0.1) is 39.8 Å². The van der Waals surface area contributed by atoms with Gasteiger partial charge < -0.3 is 29.5 Å². The molecule has 254 valence electrons. The molecule has 0 bridgehead atoms. The average molecular weight is 666 g/mol. The Balaban J connectivity index is 1.26. The highest BCUT2D eigenvalue weighted by Gasteiger charge is 2.43. The van der Waals surface area contributed by atoms with E-state index in [0.717, 1.165) is 34.5 Å². The summed E-state index contributed by atoms with van der Waals surface area (Å²) in [7, 11) is 0. The zero-order chi connectivity index (χ0) is 34.0. The third kappa shape index (κ3) is 8.03. The number of nitrogens with one attached hydrogen (secondary N) is 1. The van der Waals surface area contributed by atoms with Crippen LogP contribution in [0.1, 0.15) is 101 Å². The van der Waals surface area contributed by atoms with Crippen molar-refractivity contribution in [3.8, 4) is 10.4 Å². The molecule has 0 aliphatic carbocycles. The molecule has 4 heterocycles. The second kappa shape index (κ2) is 14.1. The van der Waals surface area contributed by atoms with Crippen LogP contribution in [0.3, 0.4) is 0 Å². The second-order valence-corrected chi connectivity index (χ2v) is 15.0. The van der Waals surface area contributed by atoms with Gasteiger partial charge in [-0.05, 0) is 64.5 Å². The Labute approximate surface area is 280 Å². The lowest BCUT2D eigenvalue weighted by atomic mass is 9.89. The number of nitrogens with zero attached hydrogens (tertiary/aromatic N) is 4. The Morgan fingerprint density at radius 3 is 2.49 bits per heavy atom. The number of benzene rings is 1. The maximum atomic E-state index is 14.1. The number of carbonyl (C=O) groups is 3. The van der Waals surface area contributed by atoms with Gasteiger partial charge in [-0.25, -0.2) is 9.78 Å². The number of aliphatic hydroxyl groups excluding tert-OH is 1. The van der Waals surface area contributed by atoms with Crippen molar-refractivity contribution in [3.05, 3.63) is 58.6 Å². The molecule has 1 aromatic carbocycles. The number of piperidine rings is 1. The molecule has 11 nitrogen and oxygen atoms in total. The number of rotatable bonds is 8. The summed E-state index contributed by atoms with van der Waals surface area (Å²) in [5, 5.41) is 18.0. The van der Waals surface area contributed by atoms with Crippen molar-refractivity contribution < 1.29 is 28.8 Å². The Bertz CT molecular complexity index is 1560. The number of hydrogen-bond acceptors (Lipinski definition) is 9. The largest absolute Gasteiger partial charge is 0.444 e. The van der Waals surface area contributed by atoms with Crippen LogP contribution in [0.4, 0.5) is 4.79 Å². The van der Waals surface area contributed by atoms with Gasteiger partial charge in [-0.15, -0.1) is 11.3 Å². The molecule has 3 aromatic rings. The van der Waals surface area contributed by atoms with Crippen molar-refractivity contribution in [1.29, 1.82) is 0 Å². The third-order valence-electron chi connectivity index (χ3n) is 8.92. The number of ether oxygens (including phenoxy) is 1. The number of likely N-dealkylation sites (tertiary alicyclic amines) is 2. The van der Waals surface area contributed by atoms with Crippen LogP contribution in [0.25, 0.3) is 10.4 Å². The van der Waals surface area contributed by atoms with Crippen LogP contribution in [0.15, 0.2) is 40.4 Å². The van der Waals surface area contributed by atoms with Crippen molar-refractivity contribution >= 4 is 29.2 Å². The normalized spacial score (nSPS) is 21.5. The van der Waals surface area contributed by atoms with Gasteiger partial charge in [-0.2, -0.15) is 0 Å². The van der Waals surface area contributed by atoms with Gasteiger partial charge in [0, 0.05) is 38.0 Å².